The number of nitrogens with one attached hydrogen (secondary N) is 1. The molecule has 0 amide bonds. The van der Waals surface area contributed by atoms with Crippen LogP contribution in [0, 0.1) is 17.8 Å². The van der Waals surface area contributed by atoms with Gasteiger partial charge in [0.1, 0.15) is 6.04 Å². The summed E-state index contributed by atoms with van der Waals surface area (Å²) in [5, 5.41) is 21.3. The predicted octanol–water partition coefficient (Wildman–Crippen LogP) is 1.47. The first-order valence-electron chi connectivity index (χ1n) is 7.18. The van der Waals surface area contributed by atoms with Crippen LogP contribution in [-0.4, -0.2) is 33.7 Å². The fraction of sp³-hybridized carbons (Fsp3) is 0.857. The second kappa shape index (κ2) is 4.47. The van der Waals surface area contributed by atoms with Gasteiger partial charge in [-0.1, -0.05) is 0 Å². The maximum Gasteiger partial charge on any atom is 0.321 e. The van der Waals surface area contributed by atoms with Crippen LogP contribution >= 0.6 is 0 Å². The molecule has 0 aromatic heterocycles. The lowest BCUT2D eigenvalue weighted by Crippen LogP contribution is -2.62. The van der Waals surface area contributed by atoms with Gasteiger partial charge in [-0.05, 0) is 56.3 Å². The Morgan fingerprint density at radius 2 is 1.53 bits per heavy atom. The lowest BCUT2D eigenvalue weighted by molar-refractivity contribution is -0.147. The van der Waals surface area contributed by atoms with Gasteiger partial charge in [0.25, 0.3) is 0 Å². The number of aliphatic carboxylic acids is 2. The molecule has 0 radical (unpaired) electrons. The second-order valence-electron chi connectivity index (χ2n) is 6.83. The molecule has 5 nitrogen and oxygen atoms in total. The zero-order valence-electron chi connectivity index (χ0n) is 11.0. The van der Waals surface area contributed by atoms with Crippen molar-refractivity contribution in [1.82, 2.24) is 5.32 Å². The van der Waals surface area contributed by atoms with Gasteiger partial charge in [-0.3, -0.25) is 14.9 Å². The third kappa shape index (κ3) is 2.48. The minimum atomic E-state index is -1.05. The number of hydrogen-bond acceptors (Lipinski definition) is 3. The molecule has 1 unspecified atom stereocenters. The summed E-state index contributed by atoms with van der Waals surface area (Å²) < 4.78 is 0. The van der Waals surface area contributed by atoms with E-state index in [-0.39, 0.29) is 12.0 Å². The number of hydrogen-bond donors (Lipinski definition) is 3. The highest BCUT2D eigenvalue weighted by molar-refractivity contribution is 5.80. The molecule has 4 rings (SSSR count). The van der Waals surface area contributed by atoms with E-state index in [4.69, 9.17) is 5.11 Å². The maximum absolute atomic E-state index is 11.2. The average Bonchev–Trinajstić information content (AvgIpc) is 2.24. The van der Waals surface area contributed by atoms with E-state index in [1.807, 2.05) is 0 Å². The van der Waals surface area contributed by atoms with E-state index < -0.39 is 18.0 Å². The van der Waals surface area contributed by atoms with Crippen molar-refractivity contribution in [3.8, 4) is 0 Å². The molecule has 3 N–H and O–H groups in total. The van der Waals surface area contributed by atoms with E-state index >= 15 is 0 Å². The number of rotatable bonds is 5. The molecular weight excluding hydrogens is 246 g/mol. The van der Waals surface area contributed by atoms with Gasteiger partial charge in [0.2, 0.25) is 0 Å². The van der Waals surface area contributed by atoms with Gasteiger partial charge in [0, 0.05) is 5.54 Å². The highest BCUT2D eigenvalue weighted by Crippen LogP contribution is 2.55. The lowest BCUT2D eigenvalue weighted by atomic mass is 9.53. The number of carboxylic acids is 2. The fourth-order valence-electron chi connectivity index (χ4n) is 5.03. The number of carbonyl (C=O) groups is 2. The average molecular weight is 267 g/mol. The molecule has 4 fully saturated rings. The Kier molecular flexibility index (Phi) is 3.04. The molecule has 19 heavy (non-hydrogen) atoms. The molecule has 4 saturated carbocycles. The van der Waals surface area contributed by atoms with Crippen LogP contribution in [0.2, 0.25) is 0 Å². The summed E-state index contributed by atoms with van der Waals surface area (Å²) in [6, 6.07) is -0.950. The third-order valence-corrected chi connectivity index (χ3v) is 5.20. The van der Waals surface area contributed by atoms with Gasteiger partial charge in [-0.15, -0.1) is 0 Å². The molecule has 1 atom stereocenters. The van der Waals surface area contributed by atoms with Crippen molar-refractivity contribution in [2.45, 2.75) is 56.5 Å². The summed E-state index contributed by atoms with van der Waals surface area (Å²) in [6.07, 6.45) is 6.62. The zero-order chi connectivity index (χ0) is 13.6. The molecule has 4 aliphatic carbocycles. The van der Waals surface area contributed by atoms with E-state index in [0.717, 1.165) is 37.0 Å². The molecule has 0 heterocycles. The van der Waals surface area contributed by atoms with Crippen molar-refractivity contribution in [1.29, 1.82) is 0 Å². The minimum absolute atomic E-state index is 0.104. The fourth-order valence-corrected chi connectivity index (χ4v) is 5.03. The Labute approximate surface area is 112 Å². The molecular formula is C14H21NO4. The first-order chi connectivity index (χ1) is 8.96. The van der Waals surface area contributed by atoms with E-state index in [1.54, 1.807) is 0 Å². The summed E-state index contributed by atoms with van der Waals surface area (Å²) in [5.41, 5.74) is -0.104. The Balaban J connectivity index is 1.74. The highest BCUT2D eigenvalue weighted by atomic mass is 16.4. The minimum Gasteiger partial charge on any atom is -0.481 e. The third-order valence-electron chi connectivity index (χ3n) is 5.20. The first kappa shape index (κ1) is 12.9. The quantitative estimate of drug-likeness (QED) is 0.702. The maximum atomic E-state index is 11.2. The van der Waals surface area contributed by atoms with E-state index in [9.17, 15) is 14.7 Å². The van der Waals surface area contributed by atoms with Crippen LogP contribution in [0.25, 0.3) is 0 Å². The monoisotopic (exact) mass is 267 g/mol. The van der Waals surface area contributed by atoms with Gasteiger partial charge in [0.15, 0.2) is 0 Å². The predicted molar refractivity (Wildman–Crippen MR) is 67.7 cm³/mol. The van der Waals surface area contributed by atoms with Gasteiger partial charge < -0.3 is 10.2 Å². The summed E-state index contributed by atoms with van der Waals surface area (Å²) >= 11 is 0. The Morgan fingerprint density at radius 1 is 1.05 bits per heavy atom. The van der Waals surface area contributed by atoms with Crippen LogP contribution in [0.15, 0.2) is 0 Å². The first-order valence-corrected chi connectivity index (χ1v) is 7.18. The molecule has 5 heteroatoms. The van der Waals surface area contributed by atoms with Crippen LogP contribution in [-0.2, 0) is 9.59 Å². The molecule has 0 spiro atoms. The van der Waals surface area contributed by atoms with Gasteiger partial charge in [-0.25, -0.2) is 0 Å². The summed E-state index contributed by atoms with van der Waals surface area (Å²) in [4.78, 5) is 22.0. The Bertz CT molecular complexity index is 371. The molecule has 0 saturated heterocycles. The summed E-state index contributed by atoms with van der Waals surface area (Å²) in [5.74, 6) is 0.0665. The standard InChI is InChI=1S/C14H21NO4/c16-12(17)4-11(13(18)19)15-14-5-8-1-9(6-14)3-10(2-8)7-14/h8-11,15H,1-7H2,(H,16,17)(H,18,19). The molecule has 0 aromatic rings. The van der Waals surface area contributed by atoms with Crippen LogP contribution in [0.1, 0.15) is 44.9 Å². The summed E-state index contributed by atoms with van der Waals surface area (Å²) in [7, 11) is 0. The molecule has 4 bridgehead atoms. The summed E-state index contributed by atoms with van der Waals surface area (Å²) in [6.45, 7) is 0. The zero-order valence-corrected chi connectivity index (χ0v) is 11.0. The van der Waals surface area contributed by atoms with Gasteiger partial charge >= 0.3 is 11.9 Å². The van der Waals surface area contributed by atoms with Crippen molar-refractivity contribution in [2.75, 3.05) is 0 Å². The van der Waals surface area contributed by atoms with Crippen molar-refractivity contribution < 1.29 is 19.8 Å². The van der Waals surface area contributed by atoms with E-state index in [2.05, 4.69) is 5.32 Å². The smallest absolute Gasteiger partial charge is 0.321 e. The van der Waals surface area contributed by atoms with E-state index in [1.165, 1.54) is 19.3 Å². The normalized spacial score (nSPS) is 41.2. The van der Waals surface area contributed by atoms with E-state index in [0.29, 0.717) is 0 Å². The lowest BCUT2D eigenvalue weighted by Gasteiger charge is -2.57. The van der Waals surface area contributed by atoms with Gasteiger partial charge in [0.05, 0.1) is 6.42 Å². The Hall–Kier alpha value is -1.10. The van der Waals surface area contributed by atoms with Crippen molar-refractivity contribution >= 4 is 11.9 Å². The molecule has 4 aliphatic rings. The SMILES string of the molecule is O=C(O)CC(NC12CC3CC(CC(C3)C1)C2)C(=O)O. The van der Waals surface area contributed by atoms with Crippen molar-refractivity contribution in [3.63, 3.8) is 0 Å². The van der Waals surface area contributed by atoms with Crippen molar-refractivity contribution in [3.05, 3.63) is 0 Å². The topological polar surface area (TPSA) is 86.6 Å². The van der Waals surface area contributed by atoms with Gasteiger partial charge in [-0.2, -0.15) is 0 Å². The van der Waals surface area contributed by atoms with Crippen LogP contribution in [0.4, 0.5) is 0 Å². The molecule has 106 valence electrons. The highest BCUT2D eigenvalue weighted by Gasteiger charge is 2.51. The molecule has 0 aromatic carbocycles. The second-order valence-corrected chi connectivity index (χ2v) is 6.83. The van der Waals surface area contributed by atoms with Crippen LogP contribution in [0.3, 0.4) is 0 Å². The molecule has 0 aliphatic heterocycles. The number of carboxylic acid groups (broad SMARTS) is 2. The largest absolute Gasteiger partial charge is 0.481 e. The Morgan fingerprint density at radius 3 is 1.89 bits per heavy atom. The van der Waals surface area contributed by atoms with Crippen LogP contribution < -0.4 is 5.32 Å². The van der Waals surface area contributed by atoms with Crippen molar-refractivity contribution in [2.24, 2.45) is 17.8 Å². The van der Waals surface area contributed by atoms with Crippen LogP contribution in [0.5, 0.6) is 0 Å².